The van der Waals surface area contributed by atoms with Crippen LogP contribution in [0.25, 0.3) is 22.5 Å². The summed E-state index contributed by atoms with van der Waals surface area (Å²) >= 11 is 0. The summed E-state index contributed by atoms with van der Waals surface area (Å²) < 4.78 is 7.63. The number of hydrogen-bond donors (Lipinski definition) is 3. The molecule has 0 saturated carbocycles. The first-order valence-corrected chi connectivity index (χ1v) is 12.5. The Morgan fingerprint density at radius 3 is 2.63 bits per heavy atom. The number of amides is 2. The molecular weight excluding hydrogens is 484 g/mol. The molecule has 11 heteroatoms. The van der Waals surface area contributed by atoms with Crippen LogP contribution in [0.1, 0.15) is 15.9 Å². The van der Waals surface area contributed by atoms with Gasteiger partial charge in [0.25, 0.3) is 0 Å². The van der Waals surface area contributed by atoms with E-state index in [0.717, 1.165) is 37.5 Å². The van der Waals surface area contributed by atoms with Gasteiger partial charge in [-0.2, -0.15) is 10.2 Å². The number of nitrogens with zero attached hydrogens (tertiary/aromatic N) is 5. The number of anilines is 1. The van der Waals surface area contributed by atoms with E-state index in [1.165, 1.54) is 0 Å². The Kier molecular flexibility index (Phi) is 6.36. The number of hydrazine groups is 1. The summed E-state index contributed by atoms with van der Waals surface area (Å²) in [5.41, 5.74) is 7.04. The Hall–Kier alpha value is -4.48. The third-order valence-corrected chi connectivity index (χ3v) is 6.84. The van der Waals surface area contributed by atoms with Crippen molar-refractivity contribution in [1.29, 1.82) is 0 Å². The van der Waals surface area contributed by atoms with E-state index in [1.54, 1.807) is 12.3 Å². The molecule has 6 rings (SSSR count). The van der Waals surface area contributed by atoms with Crippen molar-refractivity contribution in [2.24, 2.45) is 0 Å². The van der Waals surface area contributed by atoms with Crippen molar-refractivity contribution < 1.29 is 14.3 Å². The Labute approximate surface area is 219 Å². The van der Waals surface area contributed by atoms with E-state index in [2.05, 4.69) is 38.0 Å². The molecule has 4 aromatic rings. The predicted octanol–water partition coefficient (Wildman–Crippen LogP) is 2.85. The maximum absolute atomic E-state index is 13.6. The summed E-state index contributed by atoms with van der Waals surface area (Å²) in [6, 6.07) is 14.4. The second-order valence-corrected chi connectivity index (χ2v) is 9.38. The fourth-order valence-corrected chi connectivity index (χ4v) is 4.81. The molecule has 1 fully saturated rings. The van der Waals surface area contributed by atoms with Crippen molar-refractivity contribution >= 4 is 17.5 Å². The van der Waals surface area contributed by atoms with Gasteiger partial charge in [0.2, 0.25) is 0 Å². The summed E-state index contributed by atoms with van der Waals surface area (Å²) in [6.07, 6.45) is 3.63. The van der Waals surface area contributed by atoms with Crippen LogP contribution in [0.3, 0.4) is 0 Å². The van der Waals surface area contributed by atoms with E-state index < -0.39 is 0 Å². The molecular formula is C27H28N8O3. The first kappa shape index (κ1) is 23.9. The number of nitrogens with one attached hydrogen (secondary N) is 3. The van der Waals surface area contributed by atoms with Crippen LogP contribution in [0, 0.1) is 0 Å². The number of ether oxygens (including phenoxy) is 1. The lowest BCUT2D eigenvalue weighted by Crippen LogP contribution is -2.53. The second kappa shape index (κ2) is 10.1. The molecule has 0 spiro atoms. The van der Waals surface area contributed by atoms with Crippen LogP contribution in [0.4, 0.5) is 10.5 Å². The zero-order chi connectivity index (χ0) is 26.1. The van der Waals surface area contributed by atoms with Crippen molar-refractivity contribution in [2.75, 3.05) is 45.2 Å². The number of urea groups is 1. The highest BCUT2D eigenvalue weighted by Crippen LogP contribution is 2.43. The van der Waals surface area contributed by atoms with Gasteiger partial charge in [-0.1, -0.05) is 12.1 Å². The smallest absolute Gasteiger partial charge is 0.333 e. The van der Waals surface area contributed by atoms with Gasteiger partial charge in [0.15, 0.2) is 5.78 Å². The van der Waals surface area contributed by atoms with Gasteiger partial charge in [-0.05, 0) is 43.4 Å². The Morgan fingerprint density at radius 1 is 1.05 bits per heavy atom. The van der Waals surface area contributed by atoms with Crippen molar-refractivity contribution in [3.8, 4) is 28.3 Å². The number of benzene rings is 2. The van der Waals surface area contributed by atoms with E-state index >= 15 is 0 Å². The van der Waals surface area contributed by atoms with E-state index in [1.807, 2.05) is 58.4 Å². The molecule has 1 saturated heterocycles. The van der Waals surface area contributed by atoms with Crippen LogP contribution in [-0.2, 0) is 6.54 Å². The molecule has 2 aromatic carbocycles. The molecule has 1 aliphatic heterocycles. The summed E-state index contributed by atoms with van der Waals surface area (Å²) in [5.74, 6) is 0.554. The first-order chi connectivity index (χ1) is 18.6. The van der Waals surface area contributed by atoms with Crippen LogP contribution < -0.4 is 15.5 Å². The average molecular weight is 513 g/mol. The van der Waals surface area contributed by atoms with Gasteiger partial charge < -0.3 is 15.0 Å². The average Bonchev–Trinajstić information content (AvgIpc) is 3.65. The van der Waals surface area contributed by atoms with Crippen molar-refractivity contribution in [1.82, 2.24) is 35.3 Å². The largest absolute Gasteiger partial charge is 0.492 e. The molecule has 1 aliphatic carbocycles. The number of carbonyl (C=O) groups excluding carboxylic acids is 2. The lowest BCUT2D eigenvalue weighted by Gasteiger charge is -2.32. The first-order valence-electron chi connectivity index (χ1n) is 12.5. The third kappa shape index (κ3) is 4.64. The Morgan fingerprint density at radius 2 is 1.87 bits per heavy atom. The van der Waals surface area contributed by atoms with E-state index in [4.69, 9.17) is 4.74 Å². The summed E-state index contributed by atoms with van der Waals surface area (Å²) in [6.45, 7) is 4.38. The number of H-pyrrole nitrogens is 1. The van der Waals surface area contributed by atoms with Gasteiger partial charge in [-0.3, -0.25) is 20.0 Å². The highest BCUT2D eigenvalue weighted by Gasteiger charge is 2.35. The van der Waals surface area contributed by atoms with Gasteiger partial charge in [0.05, 0.1) is 29.1 Å². The fourth-order valence-electron chi connectivity index (χ4n) is 4.81. The number of ketones is 1. The van der Waals surface area contributed by atoms with Crippen molar-refractivity contribution in [3.63, 3.8) is 0 Å². The summed E-state index contributed by atoms with van der Waals surface area (Å²) in [4.78, 5) is 28.5. The van der Waals surface area contributed by atoms with Crippen LogP contribution in [0.15, 0.2) is 60.9 Å². The molecule has 0 atom stereocenters. The molecule has 0 radical (unpaired) electrons. The molecule has 11 nitrogen and oxygen atoms in total. The molecule has 38 heavy (non-hydrogen) atoms. The molecule has 0 bridgehead atoms. The van der Waals surface area contributed by atoms with E-state index in [-0.39, 0.29) is 11.8 Å². The maximum Gasteiger partial charge on any atom is 0.333 e. The zero-order valence-electron chi connectivity index (χ0n) is 21.0. The molecule has 3 heterocycles. The van der Waals surface area contributed by atoms with Gasteiger partial charge >= 0.3 is 6.03 Å². The number of likely N-dealkylation sites (N-methyl/N-ethyl adjacent to an activating group) is 1. The normalized spacial score (nSPS) is 15.2. The minimum absolute atomic E-state index is 0.172. The van der Waals surface area contributed by atoms with Gasteiger partial charge in [0.1, 0.15) is 18.1 Å². The topological polar surface area (TPSA) is 120 Å². The molecule has 194 valence electrons. The van der Waals surface area contributed by atoms with Gasteiger partial charge in [-0.15, -0.1) is 0 Å². The number of aromatic amines is 1. The number of rotatable bonds is 7. The maximum atomic E-state index is 13.6. The van der Waals surface area contributed by atoms with Crippen LogP contribution >= 0.6 is 0 Å². The molecule has 3 N–H and O–H groups in total. The minimum Gasteiger partial charge on any atom is -0.492 e. The molecule has 2 amide bonds. The van der Waals surface area contributed by atoms with E-state index in [9.17, 15) is 9.59 Å². The van der Waals surface area contributed by atoms with Crippen molar-refractivity contribution in [2.45, 2.75) is 6.54 Å². The van der Waals surface area contributed by atoms with Crippen LogP contribution in [0.2, 0.25) is 0 Å². The highest BCUT2D eigenvalue weighted by atomic mass is 16.5. The molecule has 0 unspecified atom stereocenters. The van der Waals surface area contributed by atoms with Gasteiger partial charge in [0, 0.05) is 49.7 Å². The van der Waals surface area contributed by atoms with Crippen LogP contribution in [-0.4, -0.2) is 81.5 Å². The number of carbonyl (C=O) groups is 2. The number of aromatic nitrogens is 4. The van der Waals surface area contributed by atoms with Gasteiger partial charge in [-0.25, -0.2) is 9.80 Å². The third-order valence-electron chi connectivity index (χ3n) is 6.84. The lowest BCUT2D eigenvalue weighted by atomic mass is 10.0. The molecule has 2 aliphatic rings. The summed E-state index contributed by atoms with van der Waals surface area (Å²) in [5, 5.41) is 16.4. The standard InChI is InChI=1S/C27H28N8O3/c1-33-12-14-35(15-13-33)32-27(37)29-21-5-2-4-20-22(21)26(36)23-24(30-31-25(20)23)18-6-8-19(9-7-18)38-17-16-34-11-3-10-28-34/h2-11H,12-17H2,1H3,(H,30,31)(H2,29,32,37). The predicted molar refractivity (Wildman–Crippen MR) is 142 cm³/mol. The minimum atomic E-state index is -0.370. The van der Waals surface area contributed by atoms with E-state index in [0.29, 0.717) is 46.9 Å². The fraction of sp³-hybridized carbons (Fsp3) is 0.259. The Balaban J connectivity index is 1.16. The number of hydrogen-bond acceptors (Lipinski definition) is 7. The zero-order valence-corrected chi connectivity index (χ0v) is 21.0. The molecule has 2 aromatic heterocycles. The highest BCUT2D eigenvalue weighted by molar-refractivity contribution is 6.26. The van der Waals surface area contributed by atoms with Crippen LogP contribution in [0.5, 0.6) is 5.75 Å². The SMILES string of the molecule is CN1CCN(NC(=O)Nc2cccc3c2C(=O)c2c-3n[nH]c2-c2ccc(OCCn3cccn3)cc2)CC1. The lowest BCUT2D eigenvalue weighted by molar-refractivity contribution is 0.104. The Bertz CT molecular complexity index is 1450. The number of piperazine rings is 1. The quantitative estimate of drug-likeness (QED) is 0.307. The monoisotopic (exact) mass is 512 g/mol. The number of fused-ring (bicyclic) bond motifs is 3. The van der Waals surface area contributed by atoms with Crippen molar-refractivity contribution in [3.05, 3.63) is 72.1 Å². The second-order valence-electron chi connectivity index (χ2n) is 9.38. The summed E-state index contributed by atoms with van der Waals surface area (Å²) in [7, 11) is 2.06.